The highest BCUT2D eigenvalue weighted by molar-refractivity contribution is 7.08. The van der Waals surface area contributed by atoms with Gasteiger partial charge in [0, 0.05) is 26.6 Å². The Morgan fingerprint density at radius 3 is 1.98 bits per heavy atom. The molecule has 11 nitrogen and oxygen atoms in total. The normalized spacial score (nSPS) is 14.2. The Morgan fingerprint density at radius 1 is 0.820 bits per heavy atom. The van der Waals surface area contributed by atoms with Crippen molar-refractivity contribution in [2.75, 3.05) is 20.7 Å². The summed E-state index contributed by atoms with van der Waals surface area (Å²) >= 11 is 1.62. The molecule has 1 heterocycles. The molecule has 0 radical (unpaired) electrons. The van der Waals surface area contributed by atoms with Gasteiger partial charge in [0.15, 0.2) is 0 Å². The van der Waals surface area contributed by atoms with Crippen molar-refractivity contribution >= 4 is 35.2 Å². The zero-order chi connectivity index (χ0) is 37.1. The van der Waals surface area contributed by atoms with Crippen LogP contribution in [0.1, 0.15) is 65.5 Å². The van der Waals surface area contributed by atoms with Gasteiger partial charge in [-0.2, -0.15) is 11.3 Å². The first kappa shape index (κ1) is 40.2. The van der Waals surface area contributed by atoms with Crippen LogP contribution in [0.4, 0.5) is 4.79 Å². The maximum atomic E-state index is 13.9. The van der Waals surface area contributed by atoms with E-state index in [2.05, 4.69) is 32.8 Å². The lowest BCUT2D eigenvalue weighted by Crippen LogP contribution is -2.59. The van der Waals surface area contributed by atoms with Crippen LogP contribution < -0.4 is 21.4 Å². The van der Waals surface area contributed by atoms with Gasteiger partial charge >= 0.3 is 6.09 Å². The number of methoxy groups -OCH3 is 1. The second-order valence-corrected chi connectivity index (χ2v) is 15.5. The molecule has 0 spiro atoms. The van der Waals surface area contributed by atoms with E-state index in [0.717, 1.165) is 22.3 Å². The van der Waals surface area contributed by atoms with Crippen LogP contribution >= 0.6 is 11.3 Å². The zero-order valence-corrected chi connectivity index (χ0v) is 31.3. The second-order valence-electron chi connectivity index (χ2n) is 14.7. The monoisotopic (exact) mass is 707 g/mol. The van der Waals surface area contributed by atoms with Gasteiger partial charge in [0.05, 0.1) is 7.11 Å². The third kappa shape index (κ3) is 11.7. The van der Waals surface area contributed by atoms with E-state index in [1.54, 1.807) is 16.3 Å². The van der Waals surface area contributed by atoms with Crippen LogP contribution in [-0.4, -0.2) is 72.3 Å². The first-order valence-electron chi connectivity index (χ1n) is 16.8. The number of aliphatic hydroxyl groups is 1. The summed E-state index contributed by atoms with van der Waals surface area (Å²) in [5.74, 6) is -1.45. The fraction of sp³-hybridized carbons (Fsp3) is 0.474. The van der Waals surface area contributed by atoms with Gasteiger partial charge in [-0.25, -0.2) is 9.80 Å². The van der Waals surface area contributed by atoms with Crippen LogP contribution in [0.5, 0.6) is 0 Å². The topological polar surface area (TPSA) is 149 Å². The van der Waals surface area contributed by atoms with E-state index >= 15 is 0 Å². The highest BCUT2D eigenvalue weighted by Gasteiger charge is 2.41. The molecule has 0 bridgehead atoms. The summed E-state index contributed by atoms with van der Waals surface area (Å²) in [5, 5.41) is 25.9. The Morgan fingerprint density at radius 2 is 1.44 bits per heavy atom. The molecule has 5 N–H and O–H groups in total. The first-order valence-corrected chi connectivity index (χ1v) is 17.7. The first-order chi connectivity index (χ1) is 23.5. The Balaban J connectivity index is 1.88. The quantitative estimate of drug-likeness (QED) is 0.139. The van der Waals surface area contributed by atoms with Gasteiger partial charge in [0.2, 0.25) is 5.91 Å². The molecule has 272 valence electrons. The van der Waals surface area contributed by atoms with E-state index in [1.165, 1.54) is 14.2 Å². The fourth-order valence-electron chi connectivity index (χ4n) is 5.56. The second kappa shape index (κ2) is 17.6. The van der Waals surface area contributed by atoms with Crippen molar-refractivity contribution in [2.45, 2.75) is 85.0 Å². The summed E-state index contributed by atoms with van der Waals surface area (Å²) in [6.07, 6.45) is -0.367. The van der Waals surface area contributed by atoms with Gasteiger partial charge in [-0.05, 0) is 62.8 Å². The minimum Gasteiger partial charge on any atom is -0.453 e. The smallest absolute Gasteiger partial charge is 0.407 e. The predicted octanol–water partition coefficient (Wildman–Crippen LogP) is 5.05. The number of benzene rings is 2. The van der Waals surface area contributed by atoms with Crippen LogP contribution in [0.3, 0.4) is 0 Å². The number of hydrogen-bond acceptors (Lipinski definition) is 8. The minimum absolute atomic E-state index is 0.0236. The number of rotatable bonds is 15. The number of carbonyl (C=O) groups excluding carboxylic acids is 4. The van der Waals surface area contributed by atoms with Crippen LogP contribution in [0, 0.1) is 10.8 Å². The van der Waals surface area contributed by atoms with Crippen molar-refractivity contribution in [3.8, 4) is 11.1 Å². The van der Waals surface area contributed by atoms with Gasteiger partial charge < -0.3 is 25.8 Å². The highest BCUT2D eigenvalue weighted by Crippen LogP contribution is 2.26. The van der Waals surface area contributed by atoms with Crippen molar-refractivity contribution in [3.63, 3.8) is 0 Å². The average Bonchev–Trinajstić information content (AvgIpc) is 3.60. The standard InChI is InChI=1S/C38H53N5O6S/c1-36(2,3)30(32(44)39-7)40-34(46)38(48,23-26-13-10-9-11-14-26)20-12-21-43(42-33(45)31(37(4,5)6)41-35(47)49-8)24-27-15-17-28(18-16-27)29-19-22-50-25-29/h9-11,13-19,22,25,30-31,48H,12,20-21,23-24H2,1-8H3,(H,39,44)(H,40,46)(H,41,47)(H,42,45)/t30-,31-,38-/m1/s1. The predicted molar refractivity (Wildman–Crippen MR) is 197 cm³/mol. The molecule has 0 unspecified atom stereocenters. The highest BCUT2D eigenvalue weighted by atomic mass is 32.1. The lowest BCUT2D eigenvalue weighted by molar-refractivity contribution is -0.145. The van der Waals surface area contributed by atoms with Crippen LogP contribution in [0.25, 0.3) is 11.1 Å². The van der Waals surface area contributed by atoms with Gasteiger partial charge in [-0.3, -0.25) is 19.8 Å². The summed E-state index contributed by atoms with van der Waals surface area (Å²) in [5.41, 5.74) is 3.72. The molecular weight excluding hydrogens is 655 g/mol. The number of alkyl carbamates (subject to hydrolysis) is 1. The van der Waals surface area contributed by atoms with Crippen LogP contribution in [0.15, 0.2) is 71.4 Å². The summed E-state index contributed by atoms with van der Waals surface area (Å²) in [6.45, 7) is 11.6. The molecule has 12 heteroatoms. The molecule has 0 saturated carbocycles. The van der Waals surface area contributed by atoms with Gasteiger partial charge in [-0.1, -0.05) is 96.1 Å². The van der Waals surface area contributed by atoms with Crippen LogP contribution in [-0.2, 0) is 32.1 Å². The molecule has 1 aromatic heterocycles. The zero-order valence-electron chi connectivity index (χ0n) is 30.5. The minimum atomic E-state index is -1.86. The van der Waals surface area contributed by atoms with Crippen molar-refractivity contribution in [2.24, 2.45) is 10.8 Å². The number of nitrogens with zero attached hydrogens (tertiary/aromatic N) is 1. The van der Waals surface area contributed by atoms with Gasteiger partial charge in [-0.15, -0.1) is 0 Å². The molecule has 0 aliphatic heterocycles. The van der Waals surface area contributed by atoms with E-state index in [-0.39, 0.29) is 25.3 Å². The molecule has 4 amide bonds. The molecule has 0 aliphatic carbocycles. The lowest BCUT2D eigenvalue weighted by atomic mass is 9.84. The number of hydrazine groups is 1. The lowest BCUT2D eigenvalue weighted by Gasteiger charge is -2.35. The maximum Gasteiger partial charge on any atom is 0.407 e. The molecule has 2 aromatic carbocycles. The van der Waals surface area contributed by atoms with Crippen molar-refractivity contribution < 1.29 is 29.0 Å². The number of carbonyl (C=O) groups is 4. The van der Waals surface area contributed by atoms with E-state index in [4.69, 9.17) is 4.74 Å². The summed E-state index contributed by atoms with van der Waals surface area (Å²) < 4.78 is 4.78. The van der Waals surface area contributed by atoms with Crippen molar-refractivity contribution in [1.29, 1.82) is 0 Å². The Bertz CT molecular complexity index is 1550. The van der Waals surface area contributed by atoms with E-state index < -0.39 is 46.4 Å². The average molecular weight is 708 g/mol. The van der Waals surface area contributed by atoms with Gasteiger partial charge in [0.1, 0.15) is 17.7 Å². The number of nitrogens with one attached hydrogen (secondary N) is 4. The SMILES string of the molecule is CNC(=O)[C@@H](NC(=O)[C@@](O)(CCCN(Cc1ccc(-c2ccsc2)cc1)NC(=O)[C@@H](NC(=O)OC)C(C)(C)C)Cc1ccccc1)C(C)(C)C. The molecular formula is C38H53N5O6S. The van der Waals surface area contributed by atoms with E-state index in [0.29, 0.717) is 13.0 Å². The number of hydrogen-bond donors (Lipinski definition) is 5. The molecule has 3 atom stereocenters. The van der Waals surface area contributed by atoms with Gasteiger partial charge in [0.25, 0.3) is 11.8 Å². The number of amides is 4. The Kier molecular flexibility index (Phi) is 14.1. The molecule has 50 heavy (non-hydrogen) atoms. The fourth-order valence-corrected chi connectivity index (χ4v) is 6.23. The summed E-state index contributed by atoms with van der Waals surface area (Å²) in [7, 11) is 2.75. The number of ether oxygens (including phenoxy) is 1. The summed E-state index contributed by atoms with van der Waals surface area (Å²) in [6, 6.07) is 17.5. The molecule has 3 rings (SSSR count). The van der Waals surface area contributed by atoms with Crippen molar-refractivity contribution in [3.05, 3.63) is 82.6 Å². The Hall–Kier alpha value is -4.26. The van der Waals surface area contributed by atoms with Crippen molar-refractivity contribution in [1.82, 2.24) is 26.4 Å². The number of likely N-dealkylation sites (N-methyl/N-ethyl adjacent to an activating group) is 1. The third-order valence-electron chi connectivity index (χ3n) is 8.46. The molecule has 3 aromatic rings. The molecule has 0 saturated heterocycles. The summed E-state index contributed by atoms with van der Waals surface area (Å²) in [4.78, 5) is 52.5. The number of thiophene rings is 1. The third-order valence-corrected chi connectivity index (χ3v) is 9.14. The van der Waals surface area contributed by atoms with E-state index in [1.807, 2.05) is 102 Å². The maximum absolute atomic E-state index is 13.9. The van der Waals surface area contributed by atoms with Crippen LogP contribution in [0.2, 0.25) is 0 Å². The largest absolute Gasteiger partial charge is 0.453 e. The van der Waals surface area contributed by atoms with E-state index in [9.17, 15) is 24.3 Å². The Labute approximate surface area is 300 Å². The molecule has 0 fully saturated rings. The molecule has 0 aliphatic rings.